The third kappa shape index (κ3) is 5.90. The maximum atomic E-state index is 12.7. The number of halogens is 1. The fourth-order valence-corrected chi connectivity index (χ4v) is 5.64. The summed E-state index contributed by atoms with van der Waals surface area (Å²) >= 11 is 6.24. The lowest BCUT2D eigenvalue weighted by atomic mass is 10.1. The number of carbonyl (C=O) groups is 1. The molecule has 2 heterocycles. The first kappa shape index (κ1) is 23.7. The number of fused-ring (bicyclic) bond motifs is 1. The highest BCUT2D eigenvalue weighted by atomic mass is 35.5. The van der Waals surface area contributed by atoms with E-state index >= 15 is 0 Å². The number of nitrogens with one attached hydrogen (secondary N) is 1. The Morgan fingerprint density at radius 2 is 1.85 bits per heavy atom. The van der Waals surface area contributed by atoms with Crippen LogP contribution in [0.4, 0.5) is 5.69 Å². The quantitative estimate of drug-likeness (QED) is 0.636. The van der Waals surface area contributed by atoms with Gasteiger partial charge in [0.2, 0.25) is 15.9 Å². The van der Waals surface area contributed by atoms with Crippen molar-refractivity contribution < 1.29 is 22.7 Å². The largest absolute Gasteiger partial charge is 0.486 e. The van der Waals surface area contributed by atoms with Gasteiger partial charge in [-0.15, -0.1) is 0 Å². The van der Waals surface area contributed by atoms with E-state index in [9.17, 15) is 13.2 Å². The number of amides is 1. The molecule has 0 aromatic heterocycles. The van der Waals surface area contributed by atoms with Crippen LogP contribution in [0.25, 0.3) is 0 Å². The molecule has 0 spiro atoms. The zero-order chi connectivity index (χ0) is 23.4. The van der Waals surface area contributed by atoms with Gasteiger partial charge >= 0.3 is 0 Å². The van der Waals surface area contributed by atoms with Gasteiger partial charge in [-0.2, -0.15) is 4.31 Å². The first-order chi connectivity index (χ1) is 15.8. The maximum Gasteiger partial charge on any atom is 0.236 e. The van der Waals surface area contributed by atoms with Gasteiger partial charge in [0.1, 0.15) is 19.0 Å². The molecule has 0 saturated carbocycles. The first-order valence-electron chi connectivity index (χ1n) is 11.0. The second kappa shape index (κ2) is 10.2. The SMILES string of the molecule is Cc1cccc(N2CCN(S(=O)(=O)CC(=O)NCCc3cc(Cl)c4c(c3)OCCO4)CC2)c1. The standard InChI is InChI=1S/C23H28ClN3O5S/c1-17-3-2-4-19(13-17)26-7-9-27(10-8-26)33(29,30)16-22(28)25-6-5-18-14-20(24)23-21(15-18)31-11-12-32-23/h2-4,13-15H,5-12,16H2,1H3,(H,25,28). The summed E-state index contributed by atoms with van der Waals surface area (Å²) in [5.74, 6) is 0.0470. The molecule has 0 atom stereocenters. The zero-order valence-corrected chi connectivity index (χ0v) is 20.1. The Morgan fingerprint density at radius 1 is 1.09 bits per heavy atom. The number of piperazine rings is 1. The number of nitrogens with zero attached hydrogens (tertiary/aromatic N) is 2. The first-order valence-corrected chi connectivity index (χ1v) is 12.9. The molecule has 2 aromatic carbocycles. The van der Waals surface area contributed by atoms with Gasteiger partial charge in [0.15, 0.2) is 11.5 Å². The molecule has 2 aliphatic rings. The molecule has 2 aromatic rings. The minimum atomic E-state index is -3.67. The summed E-state index contributed by atoms with van der Waals surface area (Å²) in [6.45, 7) is 5.15. The Balaban J connectivity index is 1.25. The van der Waals surface area contributed by atoms with Crippen LogP contribution in [-0.4, -0.2) is 70.3 Å². The predicted molar refractivity (Wildman–Crippen MR) is 128 cm³/mol. The van der Waals surface area contributed by atoms with E-state index < -0.39 is 21.7 Å². The van der Waals surface area contributed by atoms with Crippen LogP contribution in [0.3, 0.4) is 0 Å². The normalized spacial score (nSPS) is 16.5. The Bertz CT molecular complexity index is 1120. The summed E-state index contributed by atoms with van der Waals surface area (Å²) < 4.78 is 37.9. The van der Waals surface area contributed by atoms with E-state index in [1.54, 1.807) is 6.07 Å². The van der Waals surface area contributed by atoms with E-state index in [0.29, 0.717) is 68.9 Å². The van der Waals surface area contributed by atoms with Crippen molar-refractivity contribution >= 4 is 33.2 Å². The van der Waals surface area contributed by atoms with E-state index in [4.69, 9.17) is 21.1 Å². The molecule has 1 amide bonds. The van der Waals surface area contributed by atoms with Gasteiger partial charge < -0.3 is 19.7 Å². The van der Waals surface area contributed by atoms with E-state index in [0.717, 1.165) is 16.8 Å². The Labute approximate surface area is 199 Å². The molecule has 0 unspecified atom stereocenters. The zero-order valence-electron chi connectivity index (χ0n) is 18.5. The highest BCUT2D eigenvalue weighted by Crippen LogP contribution is 2.38. The molecule has 1 N–H and O–H groups in total. The van der Waals surface area contributed by atoms with Gasteiger partial charge in [0.25, 0.3) is 0 Å². The summed E-state index contributed by atoms with van der Waals surface area (Å²) in [6, 6.07) is 11.7. The fourth-order valence-electron chi connectivity index (χ4n) is 4.01. The highest BCUT2D eigenvalue weighted by Gasteiger charge is 2.29. The van der Waals surface area contributed by atoms with Crippen LogP contribution in [0, 0.1) is 6.92 Å². The summed E-state index contributed by atoms with van der Waals surface area (Å²) in [5.41, 5.74) is 3.13. The van der Waals surface area contributed by atoms with Crippen molar-refractivity contribution in [3.8, 4) is 11.5 Å². The van der Waals surface area contributed by atoms with Gasteiger partial charge in [-0.1, -0.05) is 23.7 Å². The minimum Gasteiger partial charge on any atom is -0.486 e. The van der Waals surface area contributed by atoms with Gasteiger partial charge in [0.05, 0.1) is 5.02 Å². The summed E-state index contributed by atoms with van der Waals surface area (Å²) in [4.78, 5) is 14.5. The van der Waals surface area contributed by atoms with E-state index in [1.807, 2.05) is 31.2 Å². The molecule has 4 rings (SSSR count). The lowest BCUT2D eigenvalue weighted by Gasteiger charge is -2.35. The van der Waals surface area contributed by atoms with Gasteiger partial charge in [-0.05, 0) is 48.7 Å². The molecule has 10 heteroatoms. The van der Waals surface area contributed by atoms with Crippen molar-refractivity contribution in [1.29, 1.82) is 0 Å². The lowest BCUT2D eigenvalue weighted by Crippen LogP contribution is -2.50. The third-order valence-corrected chi connectivity index (χ3v) is 7.76. The second-order valence-corrected chi connectivity index (χ2v) is 10.6. The number of hydrogen-bond donors (Lipinski definition) is 1. The van der Waals surface area contributed by atoms with E-state index in [1.165, 1.54) is 4.31 Å². The average Bonchev–Trinajstić information content (AvgIpc) is 2.79. The molecular formula is C23H28ClN3O5S. The van der Waals surface area contributed by atoms with Crippen LogP contribution in [0.5, 0.6) is 11.5 Å². The van der Waals surface area contributed by atoms with Crippen LogP contribution in [0.1, 0.15) is 11.1 Å². The number of anilines is 1. The maximum absolute atomic E-state index is 12.7. The number of hydrogen-bond acceptors (Lipinski definition) is 6. The number of rotatable bonds is 7. The van der Waals surface area contributed by atoms with Crippen molar-refractivity contribution in [2.24, 2.45) is 0 Å². The topological polar surface area (TPSA) is 88.2 Å². The van der Waals surface area contributed by atoms with Crippen LogP contribution in [-0.2, 0) is 21.2 Å². The van der Waals surface area contributed by atoms with Crippen molar-refractivity contribution in [3.05, 3.63) is 52.5 Å². The number of carbonyl (C=O) groups excluding carboxylic acids is 1. The van der Waals surface area contributed by atoms with Gasteiger partial charge in [-0.25, -0.2) is 8.42 Å². The monoisotopic (exact) mass is 493 g/mol. The number of benzene rings is 2. The molecule has 0 radical (unpaired) electrons. The molecule has 2 aliphatic heterocycles. The van der Waals surface area contributed by atoms with E-state index in [2.05, 4.69) is 16.3 Å². The second-order valence-electron chi connectivity index (χ2n) is 8.18. The van der Waals surface area contributed by atoms with E-state index in [-0.39, 0.29) is 0 Å². The number of ether oxygens (including phenoxy) is 2. The molecule has 0 bridgehead atoms. The number of sulfonamides is 1. The molecule has 8 nitrogen and oxygen atoms in total. The molecule has 1 fully saturated rings. The van der Waals surface area contributed by atoms with Crippen molar-refractivity contribution in [3.63, 3.8) is 0 Å². The van der Waals surface area contributed by atoms with Crippen molar-refractivity contribution in [2.45, 2.75) is 13.3 Å². The van der Waals surface area contributed by atoms with Crippen LogP contribution < -0.4 is 19.7 Å². The molecule has 33 heavy (non-hydrogen) atoms. The summed E-state index contributed by atoms with van der Waals surface area (Å²) in [6.07, 6.45) is 0.497. The lowest BCUT2D eigenvalue weighted by molar-refractivity contribution is -0.118. The van der Waals surface area contributed by atoms with Gasteiger partial charge in [-0.3, -0.25) is 4.79 Å². The Morgan fingerprint density at radius 3 is 2.61 bits per heavy atom. The van der Waals surface area contributed by atoms with Crippen LogP contribution >= 0.6 is 11.6 Å². The summed E-state index contributed by atoms with van der Waals surface area (Å²) in [5, 5.41) is 3.16. The predicted octanol–water partition coefficient (Wildman–Crippen LogP) is 2.23. The number of aryl methyl sites for hydroxylation is 1. The molecule has 178 valence electrons. The molecule has 0 aliphatic carbocycles. The van der Waals surface area contributed by atoms with Crippen LogP contribution in [0.2, 0.25) is 5.02 Å². The third-order valence-electron chi connectivity index (χ3n) is 5.70. The minimum absolute atomic E-state index is 0.297. The molecular weight excluding hydrogens is 466 g/mol. The Kier molecular flexibility index (Phi) is 7.31. The summed E-state index contributed by atoms with van der Waals surface area (Å²) in [7, 11) is -3.67. The Hall–Kier alpha value is -2.49. The van der Waals surface area contributed by atoms with Gasteiger partial charge in [0, 0.05) is 38.4 Å². The highest BCUT2D eigenvalue weighted by molar-refractivity contribution is 7.89. The smallest absolute Gasteiger partial charge is 0.236 e. The van der Waals surface area contributed by atoms with Crippen molar-refractivity contribution in [2.75, 3.05) is 56.6 Å². The fraction of sp³-hybridized carbons (Fsp3) is 0.435. The average molecular weight is 494 g/mol. The molecule has 1 saturated heterocycles. The van der Waals surface area contributed by atoms with Crippen molar-refractivity contribution in [1.82, 2.24) is 9.62 Å². The van der Waals surface area contributed by atoms with Crippen LogP contribution in [0.15, 0.2) is 36.4 Å².